The van der Waals surface area contributed by atoms with Gasteiger partial charge in [-0.2, -0.15) is 0 Å². The number of aromatic amines is 1. The zero-order valence-electron chi connectivity index (χ0n) is 9.24. The lowest BCUT2D eigenvalue weighted by Gasteiger charge is -2.00. The van der Waals surface area contributed by atoms with Crippen molar-refractivity contribution in [3.8, 4) is 11.4 Å². The van der Waals surface area contributed by atoms with Gasteiger partial charge in [0.1, 0.15) is 5.82 Å². The minimum Gasteiger partial charge on any atom is -0.338 e. The predicted octanol–water partition coefficient (Wildman–Crippen LogP) is 3.59. The summed E-state index contributed by atoms with van der Waals surface area (Å²) in [5.41, 5.74) is 3.75. The van der Waals surface area contributed by atoms with E-state index in [-0.39, 0.29) is 0 Å². The Bertz CT molecular complexity index is 655. The molecule has 1 N–H and O–H groups in total. The molecule has 4 heteroatoms. The van der Waals surface area contributed by atoms with Crippen molar-refractivity contribution in [3.63, 3.8) is 0 Å². The molecule has 0 unspecified atom stereocenters. The molecule has 0 fully saturated rings. The Morgan fingerprint density at radius 2 is 2.06 bits per heavy atom. The normalized spacial score (nSPS) is 10.9. The van der Waals surface area contributed by atoms with Crippen LogP contribution in [-0.2, 0) is 0 Å². The minimum atomic E-state index is 0.606. The number of aryl methyl sites for hydroxylation is 1. The second kappa shape index (κ2) is 3.86. The summed E-state index contributed by atoms with van der Waals surface area (Å²) in [4.78, 5) is 11.9. The number of hydrogen-bond acceptors (Lipinski definition) is 2. The number of imidazole rings is 1. The average Bonchev–Trinajstić information content (AvgIpc) is 2.75. The van der Waals surface area contributed by atoms with Crippen LogP contribution in [0.2, 0.25) is 5.02 Å². The van der Waals surface area contributed by atoms with Gasteiger partial charge in [-0.25, -0.2) is 4.98 Å². The quantitative estimate of drug-likeness (QED) is 0.710. The lowest BCUT2D eigenvalue weighted by molar-refractivity contribution is 1.19. The van der Waals surface area contributed by atoms with Crippen LogP contribution in [0.1, 0.15) is 5.69 Å². The monoisotopic (exact) mass is 243 g/mol. The summed E-state index contributed by atoms with van der Waals surface area (Å²) >= 11 is 6.14. The zero-order valence-corrected chi connectivity index (χ0v) is 9.99. The summed E-state index contributed by atoms with van der Waals surface area (Å²) in [7, 11) is 0. The molecular formula is C13H10ClN3. The Morgan fingerprint density at radius 3 is 2.88 bits per heavy atom. The third-order valence-electron chi connectivity index (χ3n) is 2.64. The van der Waals surface area contributed by atoms with Crippen LogP contribution < -0.4 is 0 Å². The van der Waals surface area contributed by atoms with Gasteiger partial charge in [-0.15, -0.1) is 0 Å². The molecule has 1 aromatic carbocycles. The third-order valence-corrected chi connectivity index (χ3v) is 2.94. The Hall–Kier alpha value is -1.87. The molecule has 84 valence electrons. The van der Waals surface area contributed by atoms with E-state index in [1.54, 1.807) is 6.20 Å². The maximum absolute atomic E-state index is 6.14. The van der Waals surface area contributed by atoms with Crippen LogP contribution in [0.5, 0.6) is 0 Å². The summed E-state index contributed by atoms with van der Waals surface area (Å²) < 4.78 is 0. The second-order valence-corrected chi connectivity index (χ2v) is 4.32. The Labute approximate surface area is 103 Å². The fourth-order valence-electron chi connectivity index (χ4n) is 1.80. The van der Waals surface area contributed by atoms with Crippen molar-refractivity contribution in [2.45, 2.75) is 6.92 Å². The van der Waals surface area contributed by atoms with Crippen LogP contribution in [0.3, 0.4) is 0 Å². The van der Waals surface area contributed by atoms with E-state index in [1.165, 1.54) is 0 Å². The van der Waals surface area contributed by atoms with Gasteiger partial charge < -0.3 is 4.98 Å². The standard InChI is InChI=1S/C13H10ClN3/c1-8-6-9(10(14)7-15-8)13-16-11-4-2-3-5-12(11)17-13/h2-7H,1H3,(H,16,17). The van der Waals surface area contributed by atoms with E-state index in [0.29, 0.717) is 5.02 Å². The number of nitrogens with one attached hydrogen (secondary N) is 1. The summed E-state index contributed by atoms with van der Waals surface area (Å²) in [5.74, 6) is 0.779. The smallest absolute Gasteiger partial charge is 0.140 e. The van der Waals surface area contributed by atoms with Gasteiger partial charge in [-0.1, -0.05) is 23.7 Å². The van der Waals surface area contributed by atoms with Crippen LogP contribution in [0.15, 0.2) is 36.5 Å². The van der Waals surface area contributed by atoms with Crippen molar-refractivity contribution in [3.05, 3.63) is 47.2 Å². The maximum atomic E-state index is 6.14. The van der Waals surface area contributed by atoms with E-state index in [0.717, 1.165) is 28.1 Å². The topological polar surface area (TPSA) is 41.6 Å². The van der Waals surface area contributed by atoms with Crippen molar-refractivity contribution in [1.29, 1.82) is 0 Å². The Balaban J connectivity index is 2.23. The summed E-state index contributed by atoms with van der Waals surface area (Å²) in [5, 5.41) is 0.606. The lowest BCUT2D eigenvalue weighted by Crippen LogP contribution is -1.86. The first-order valence-electron chi connectivity index (χ1n) is 5.31. The molecule has 0 aliphatic carbocycles. The average molecular weight is 244 g/mol. The highest BCUT2D eigenvalue weighted by Crippen LogP contribution is 2.27. The molecule has 17 heavy (non-hydrogen) atoms. The number of fused-ring (bicyclic) bond motifs is 1. The first kappa shape index (κ1) is 10.3. The largest absolute Gasteiger partial charge is 0.338 e. The number of halogens is 1. The van der Waals surface area contributed by atoms with Gasteiger partial charge in [0.25, 0.3) is 0 Å². The van der Waals surface area contributed by atoms with Crippen LogP contribution in [-0.4, -0.2) is 15.0 Å². The molecule has 0 saturated carbocycles. The third kappa shape index (κ3) is 1.78. The highest BCUT2D eigenvalue weighted by atomic mass is 35.5. The van der Waals surface area contributed by atoms with E-state index in [4.69, 9.17) is 11.6 Å². The van der Waals surface area contributed by atoms with Crippen molar-refractivity contribution in [2.24, 2.45) is 0 Å². The van der Waals surface area contributed by atoms with Gasteiger partial charge in [0.2, 0.25) is 0 Å². The van der Waals surface area contributed by atoms with Crippen LogP contribution in [0.4, 0.5) is 0 Å². The van der Waals surface area contributed by atoms with E-state index in [1.807, 2.05) is 37.3 Å². The molecule has 0 saturated heterocycles. The Kier molecular flexibility index (Phi) is 2.34. The minimum absolute atomic E-state index is 0.606. The fourth-order valence-corrected chi connectivity index (χ4v) is 2.00. The molecule has 0 bridgehead atoms. The van der Waals surface area contributed by atoms with Crippen LogP contribution >= 0.6 is 11.6 Å². The maximum Gasteiger partial charge on any atom is 0.140 e. The van der Waals surface area contributed by atoms with Gasteiger partial charge in [-0.05, 0) is 25.1 Å². The van der Waals surface area contributed by atoms with Gasteiger partial charge in [0.05, 0.1) is 16.1 Å². The van der Waals surface area contributed by atoms with Gasteiger partial charge in [-0.3, -0.25) is 4.98 Å². The summed E-state index contributed by atoms with van der Waals surface area (Å²) in [6.07, 6.45) is 1.65. The zero-order chi connectivity index (χ0) is 11.8. The lowest BCUT2D eigenvalue weighted by atomic mass is 10.2. The predicted molar refractivity (Wildman–Crippen MR) is 69.1 cm³/mol. The molecule has 0 aliphatic rings. The van der Waals surface area contributed by atoms with Gasteiger partial charge in [0, 0.05) is 17.5 Å². The van der Waals surface area contributed by atoms with E-state index < -0.39 is 0 Å². The highest BCUT2D eigenvalue weighted by Gasteiger charge is 2.09. The number of rotatable bonds is 1. The molecule has 3 nitrogen and oxygen atoms in total. The molecule has 3 rings (SSSR count). The second-order valence-electron chi connectivity index (χ2n) is 3.91. The van der Waals surface area contributed by atoms with Gasteiger partial charge >= 0.3 is 0 Å². The van der Waals surface area contributed by atoms with Crippen LogP contribution in [0.25, 0.3) is 22.4 Å². The van der Waals surface area contributed by atoms with Gasteiger partial charge in [0.15, 0.2) is 0 Å². The number of pyridine rings is 1. The van der Waals surface area contributed by atoms with Crippen molar-refractivity contribution >= 4 is 22.6 Å². The molecule has 3 aromatic rings. The molecule has 2 heterocycles. The van der Waals surface area contributed by atoms with Crippen molar-refractivity contribution in [2.75, 3.05) is 0 Å². The number of para-hydroxylation sites is 2. The highest BCUT2D eigenvalue weighted by molar-refractivity contribution is 6.33. The number of aromatic nitrogens is 3. The van der Waals surface area contributed by atoms with E-state index in [2.05, 4.69) is 15.0 Å². The SMILES string of the molecule is Cc1cc(-c2nc3ccccc3[nH]2)c(Cl)cn1. The molecule has 0 amide bonds. The molecule has 2 aromatic heterocycles. The van der Waals surface area contributed by atoms with Crippen molar-refractivity contribution < 1.29 is 0 Å². The first-order valence-corrected chi connectivity index (χ1v) is 5.69. The number of hydrogen-bond donors (Lipinski definition) is 1. The van der Waals surface area contributed by atoms with Crippen molar-refractivity contribution in [1.82, 2.24) is 15.0 Å². The molecule has 0 atom stereocenters. The van der Waals surface area contributed by atoms with Crippen LogP contribution in [0, 0.1) is 6.92 Å². The molecule has 0 aliphatic heterocycles. The van der Waals surface area contributed by atoms with E-state index >= 15 is 0 Å². The Morgan fingerprint density at radius 1 is 1.24 bits per heavy atom. The van der Waals surface area contributed by atoms with E-state index in [9.17, 15) is 0 Å². The fraction of sp³-hybridized carbons (Fsp3) is 0.0769. The first-order chi connectivity index (χ1) is 8.24. The summed E-state index contributed by atoms with van der Waals surface area (Å²) in [6, 6.07) is 9.83. The number of H-pyrrole nitrogens is 1. The molecular weight excluding hydrogens is 234 g/mol. The number of benzene rings is 1. The molecule has 0 spiro atoms. The number of nitrogens with zero attached hydrogens (tertiary/aromatic N) is 2. The summed E-state index contributed by atoms with van der Waals surface area (Å²) in [6.45, 7) is 1.93. The molecule has 0 radical (unpaired) electrons.